The molecule has 0 unspecified atom stereocenters. The van der Waals surface area contributed by atoms with Crippen LogP contribution in [0.5, 0.6) is 0 Å². The first kappa shape index (κ1) is 14.7. The van der Waals surface area contributed by atoms with Gasteiger partial charge in [-0.25, -0.2) is 4.98 Å². The van der Waals surface area contributed by atoms with Gasteiger partial charge in [0.1, 0.15) is 0 Å². The van der Waals surface area contributed by atoms with Gasteiger partial charge in [-0.3, -0.25) is 4.98 Å². The number of para-hydroxylation sites is 1. The molecule has 0 bridgehead atoms. The van der Waals surface area contributed by atoms with Gasteiger partial charge in [0.2, 0.25) is 0 Å². The van der Waals surface area contributed by atoms with Gasteiger partial charge in [-0.15, -0.1) is 0 Å². The third-order valence-corrected chi connectivity index (χ3v) is 2.89. The quantitative estimate of drug-likeness (QED) is 0.659. The molecule has 2 heterocycles. The van der Waals surface area contributed by atoms with E-state index in [1.165, 1.54) is 6.07 Å². The molecule has 0 aliphatic heterocycles. The average Bonchev–Trinajstić information content (AvgIpc) is 2.47. The fourth-order valence-electron chi connectivity index (χ4n) is 2.01. The monoisotopic (exact) mass is 272 g/mol. The number of carbonyl (C=O) groups excluding carboxylic acids is 1. The van der Waals surface area contributed by atoms with Crippen LogP contribution in [0.1, 0.15) is 10.4 Å². The van der Waals surface area contributed by atoms with Crippen LogP contribution in [0.4, 0.5) is 0 Å². The first-order valence-corrected chi connectivity index (χ1v) is 5.77. The van der Waals surface area contributed by atoms with E-state index in [-0.39, 0.29) is 35.1 Å². The maximum atomic E-state index is 11.2. The predicted octanol–water partition coefficient (Wildman–Crippen LogP) is 1.28. The van der Waals surface area contributed by atoms with Crippen LogP contribution in [-0.4, -0.2) is 45.5 Å². The molecule has 1 radical (unpaired) electrons. The normalized spacial score (nSPS) is 10.0. The average molecular weight is 272 g/mol. The molecule has 5 heteroatoms. The molecule has 3 rings (SSSR count). The van der Waals surface area contributed by atoms with Crippen LogP contribution >= 0.6 is 0 Å². The Hall–Kier alpha value is -1.75. The maximum Gasteiger partial charge on any atom is 0.0731 e. The van der Waals surface area contributed by atoms with E-state index in [9.17, 15) is 9.90 Å². The Labute approximate surface area is 137 Å². The largest absolute Gasteiger partial charge is 0.545 e. The number of benzene rings is 1. The summed E-state index contributed by atoms with van der Waals surface area (Å²) in [5.41, 5.74) is 2.12. The number of carbonyl (C=O) groups is 1. The molecule has 2 aromatic heterocycles. The fourth-order valence-corrected chi connectivity index (χ4v) is 2.01. The van der Waals surface area contributed by atoms with Crippen molar-refractivity contribution in [2.24, 2.45) is 0 Å². The number of carboxylic acids is 1. The van der Waals surface area contributed by atoms with Crippen LogP contribution in [0, 0.1) is 0 Å². The Morgan fingerprint density at radius 2 is 1.90 bits per heavy atom. The Kier molecular flexibility index (Phi) is 4.49. The summed E-state index contributed by atoms with van der Waals surface area (Å²) in [4.78, 5) is 19.7. The van der Waals surface area contributed by atoms with E-state index in [4.69, 9.17) is 0 Å². The van der Waals surface area contributed by atoms with E-state index in [0.29, 0.717) is 16.6 Å². The second kappa shape index (κ2) is 6.13. The molecule has 1 aromatic carbocycles. The van der Waals surface area contributed by atoms with E-state index < -0.39 is 5.97 Å². The molecular weight excluding hydrogens is 263 g/mol. The van der Waals surface area contributed by atoms with Gasteiger partial charge >= 0.3 is 0 Å². The standard InChI is InChI=1S/C15H10N2O2.Na/c18-15(19)12-8-14(10-4-3-7-16-9-10)17-13-6-2-1-5-11(12)13;/h1-9H,(H,18,19);/p-1. The molecule has 0 spiro atoms. The number of aromatic carboxylic acids is 1. The third kappa shape index (κ3) is 2.72. The number of aromatic nitrogens is 2. The van der Waals surface area contributed by atoms with E-state index in [1.807, 2.05) is 12.1 Å². The molecule has 20 heavy (non-hydrogen) atoms. The van der Waals surface area contributed by atoms with Crippen molar-refractivity contribution in [3.8, 4) is 11.3 Å². The fraction of sp³-hybridized carbons (Fsp3) is 0. The van der Waals surface area contributed by atoms with Crippen molar-refractivity contribution >= 4 is 46.4 Å². The molecule has 93 valence electrons. The predicted molar refractivity (Wildman–Crippen MR) is 75.1 cm³/mol. The van der Waals surface area contributed by atoms with Crippen molar-refractivity contribution in [3.63, 3.8) is 0 Å². The van der Waals surface area contributed by atoms with Crippen molar-refractivity contribution in [2.45, 2.75) is 0 Å². The number of hydrogen-bond donors (Lipinski definition) is 0. The topological polar surface area (TPSA) is 65.9 Å². The number of fused-ring (bicyclic) bond motifs is 1. The molecule has 0 saturated carbocycles. The smallest absolute Gasteiger partial charge is 0.0731 e. The molecule has 0 aliphatic carbocycles. The number of carboxylic acid groups (broad SMARTS) is 1. The Morgan fingerprint density at radius 3 is 2.60 bits per heavy atom. The third-order valence-electron chi connectivity index (χ3n) is 2.89. The minimum Gasteiger partial charge on any atom is -0.545 e. The van der Waals surface area contributed by atoms with E-state index in [2.05, 4.69) is 9.97 Å². The SMILES string of the molecule is O=C([O-])c1cc(-c2cccnc2)nc2ccccc12.[Na]. The molecule has 0 N–H and O–H groups in total. The summed E-state index contributed by atoms with van der Waals surface area (Å²) in [7, 11) is 0. The van der Waals surface area contributed by atoms with Crippen molar-refractivity contribution in [1.82, 2.24) is 9.97 Å². The van der Waals surface area contributed by atoms with Crippen LogP contribution in [0.3, 0.4) is 0 Å². The Morgan fingerprint density at radius 1 is 1.10 bits per heavy atom. The van der Waals surface area contributed by atoms with Crippen LogP contribution < -0.4 is 5.11 Å². The summed E-state index contributed by atoms with van der Waals surface area (Å²) >= 11 is 0. The Bertz CT molecular complexity index is 760. The van der Waals surface area contributed by atoms with Gasteiger partial charge in [0.15, 0.2) is 0 Å². The zero-order chi connectivity index (χ0) is 13.2. The van der Waals surface area contributed by atoms with Gasteiger partial charge in [0.25, 0.3) is 0 Å². The van der Waals surface area contributed by atoms with Gasteiger partial charge in [-0.1, -0.05) is 18.2 Å². The van der Waals surface area contributed by atoms with E-state index >= 15 is 0 Å². The zero-order valence-corrected chi connectivity index (χ0v) is 12.9. The van der Waals surface area contributed by atoms with Gasteiger partial charge in [0, 0.05) is 58.5 Å². The summed E-state index contributed by atoms with van der Waals surface area (Å²) in [5.74, 6) is -1.20. The molecule has 0 amide bonds. The first-order valence-electron chi connectivity index (χ1n) is 5.77. The maximum absolute atomic E-state index is 11.2. The van der Waals surface area contributed by atoms with Crippen LogP contribution in [0.15, 0.2) is 54.9 Å². The van der Waals surface area contributed by atoms with Gasteiger partial charge in [0.05, 0.1) is 17.2 Å². The second-order valence-corrected chi connectivity index (χ2v) is 4.10. The molecule has 0 aliphatic rings. The first-order chi connectivity index (χ1) is 9.25. The number of pyridine rings is 2. The molecule has 0 saturated heterocycles. The zero-order valence-electron chi connectivity index (χ0n) is 10.9. The van der Waals surface area contributed by atoms with Crippen molar-refractivity contribution in [3.05, 3.63) is 60.4 Å². The molecule has 0 atom stereocenters. The van der Waals surface area contributed by atoms with E-state index in [1.54, 1.807) is 36.7 Å². The van der Waals surface area contributed by atoms with E-state index in [0.717, 1.165) is 5.56 Å². The second-order valence-electron chi connectivity index (χ2n) is 4.10. The van der Waals surface area contributed by atoms with Crippen molar-refractivity contribution in [2.75, 3.05) is 0 Å². The van der Waals surface area contributed by atoms with Crippen molar-refractivity contribution < 1.29 is 9.90 Å². The molecule has 0 fully saturated rings. The summed E-state index contributed by atoms with van der Waals surface area (Å²) in [5, 5.41) is 11.8. The molecule has 4 nitrogen and oxygen atoms in total. The van der Waals surface area contributed by atoms with Gasteiger partial charge in [-0.05, 0) is 24.3 Å². The number of hydrogen-bond acceptors (Lipinski definition) is 4. The summed E-state index contributed by atoms with van der Waals surface area (Å²) < 4.78 is 0. The summed E-state index contributed by atoms with van der Waals surface area (Å²) in [6.07, 6.45) is 3.31. The van der Waals surface area contributed by atoms with Gasteiger partial charge < -0.3 is 9.90 Å². The number of nitrogens with zero attached hydrogens (tertiary/aromatic N) is 2. The molecular formula is C15H9N2NaO2-. The summed E-state index contributed by atoms with van der Waals surface area (Å²) in [6, 6.07) is 12.2. The van der Waals surface area contributed by atoms with Crippen molar-refractivity contribution in [1.29, 1.82) is 0 Å². The number of rotatable bonds is 2. The molecule has 3 aromatic rings. The van der Waals surface area contributed by atoms with Crippen LogP contribution in [-0.2, 0) is 0 Å². The summed E-state index contributed by atoms with van der Waals surface area (Å²) in [6.45, 7) is 0. The van der Waals surface area contributed by atoms with Crippen LogP contribution in [0.25, 0.3) is 22.2 Å². The van der Waals surface area contributed by atoms with Gasteiger partial charge in [-0.2, -0.15) is 0 Å². The Balaban J connectivity index is 0.00000147. The van der Waals surface area contributed by atoms with Crippen LogP contribution in [0.2, 0.25) is 0 Å². The minimum absolute atomic E-state index is 0. The minimum atomic E-state index is -1.20.